The van der Waals surface area contributed by atoms with E-state index in [1.54, 1.807) is 18.2 Å². The van der Waals surface area contributed by atoms with Crippen molar-refractivity contribution in [2.24, 2.45) is 5.73 Å². The predicted octanol–water partition coefficient (Wildman–Crippen LogP) is 3.15. The highest BCUT2D eigenvalue weighted by Crippen LogP contribution is 2.26. The standard InChI is InChI=1S/C11H9ClF2N2/c12-10-7-4-2-1-3-6(7)5-8(16-10)9(15)11(13)14/h1-5,9,11H,15H2. The molecule has 1 unspecified atom stereocenters. The molecule has 0 spiro atoms. The summed E-state index contributed by atoms with van der Waals surface area (Å²) in [6.07, 6.45) is -2.65. The molecule has 0 fully saturated rings. The van der Waals surface area contributed by atoms with Gasteiger partial charge < -0.3 is 5.73 Å². The number of fused-ring (bicyclic) bond motifs is 1. The Balaban J connectivity index is 2.58. The molecule has 0 aliphatic rings. The Kier molecular flexibility index (Phi) is 3.03. The molecule has 0 radical (unpaired) electrons. The minimum absolute atomic E-state index is 0.110. The Morgan fingerprint density at radius 1 is 1.25 bits per heavy atom. The normalized spacial score (nSPS) is 13.3. The number of nitrogens with zero attached hydrogens (tertiary/aromatic N) is 1. The van der Waals surface area contributed by atoms with Crippen LogP contribution in [0.25, 0.3) is 10.8 Å². The topological polar surface area (TPSA) is 38.9 Å². The molecule has 1 aromatic heterocycles. The van der Waals surface area contributed by atoms with Crippen LogP contribution in [0.5, 0.6) is 0 Å². The molecular formula is C11H9ClF2N2. The molecule has 0 saturated heterocycles. The van der Waals surface area contributed by atoms with Crippen LogP contribution in [0, 0.1) is 0 Å². The van der Waals surface area contributed by atoms with Gasteiger partial charge in [0.05, 0.1) is 5.69 Å². The summed E-state index contributed by atoms with van der Waals surface area (Å²) in [6.45, 7) is 0. The summed E-state index contributed by atoms with van der Waals surface area (Å²) in [5.41, 5.74) is 5.44. The predicted molar refractivity (Wildman–Crippen MR) is 59.7 cm³/mol. The fourth-order valence-corrected chi connectivity index (χ4v) is 1.75. The number of alkyl halides is 2. The largest absolute Gasteiger partial charge is 0.318 e. The summed E-state index contributed by atoms with van der Waals surface area (Å²) in [6, 6.07) is 7.31. The Hall–Kier alpha value is -1.26. The molecule has 0 aliphatic heterocycles. The van der Waals surface area contributed by atoms with E-state index in [9.17, 15) is 8.78 Å². The van der Waals surface area contributed by atoms with Crippen LogP contribution in [0.1, 0.15) is 11.7 Å². The number of benzene rings is 1. The van der Waals surface area contributed by atoms with E-state index in [0.717, 1.165) is 10.8 Å². The number of nitrogens with two attached hydrogens (primary N) is 1. The van der Waals surface area contributed by atoms with Crippen LogP contribution in [-0.4, -0.2) is 11.4 Å². The first kappa shape index (κ1) is 11.2. The zero-order valence-electron chi connectivity index (χ0n) is 8.20. The number of hydrogen-bond acceptors (Lipinski definition) is 2. The molecule has 84 valence electrons. The van der Waals surface area contributed by atoms with Crippen molar-refractivity contribution in [3.8, 4) is 0 Å². The smallest absolute Gasteiger partial charge is 0.259 e. The van der Waals surface area contributed by atoms with Gasteiger partial charge in [-0.3, -0.25) is 0 Å². The van der Waals surface area contributed by atoms with E-state index in [1.165, 1.54) is 6.07 Å². The molecule has 2 nitrogen and oxygen atoms in total. The maximum Gasteiger partial charge on any atom is 0.259 e. The Morgan fingerprint density at radius 3 is 2.62 bits per heavy atom. The second-order valence-corrected chi connectivity index (χ2v) is 3.78. The monoisotopic (exact) mass is 242 g/mol. The molecule has 1 heterocycles. The molecule has 2 rings (SSSR count). The minimum Gasteiger partial charge on any atom is -0.318 e. The quantitative estimate of drug-likeness (QED) is 0.822. The summed E-state index contributed by atoms with van der Waals surface area (Å²) in [5, 5.41) is 1.69. The lowest BCUT2D eigenvalue weighted by Gasteiger charge is -2.11. The third-order valence-electron chi connectivity index (χ3n) is 2.33. The fraction of sp³-hybridized carbons (Fsp3) is 0.182. The average Bonchev–Trinajstić information content (AvgIpc) is 2.28. The van der Waals surface area contributed by atoms with Gasteiger partial charge in [-0.25, -0.2) is 13.8 Å². The minimum atomic E-state index is -2.65. The second-order valence-electron chi connectivity index (χ2n) is 3.42. The molecule has 5 heteroatoms. The second kappa shape index (κ2) is 4.31. The van der Waals surface area contributed by atoms with Crippen molar-refractivity contribution in [3.05, 3.63) is 41.2 Å². The number of aromatic nitrogens is 1. The van der Waals surface area contributed by atoms with Crippen molar-refractivity contribution in [2.75, 3.05) is 0 Å². The molecule has 2 N–H and O–H groups in total. The van der Waals surface area contributed by atoms with Gasteiger partial charge >= 0.3 is 0 Å². The van der Waals surface area contributed by atoms with E-state index in [0.29, 0.717) is 0 Å². The fourth-order valence-electron chi connectivity index (χ4n) is 1.48. The maximum atomic E-state index is 12.4. The van der Waals surface area contributed by atoms with Crippen molar-refractivity contribution in [1.82, 2.24) is 4.98 Å². The molecule has 0 saturated carbocycles. The van der Waals surface area contributed by atoms with Crippen molar-refractivity contribution in [3.63, 3.8) is 0 Å². The van der Waals surface area contributed by atoms with E-state index in [2.05, 4.69) is 4.98 Å². The summed E-state index contributed by atoms with van der Waals surface area (Å²) in [5.74, 6) is 0. The van der Waals surface area contributed by atoms with Crippen LogP contribution in [0.15, 0.2) is 30.3 Å². The summed E-state index contributed by atoms with van der Waals surface area (Å²) < 4.78 is 24.9. The highest BCUT2D eigenvalue weighted by molar-refractivity contribution is 6.34. The molecule has 0 amide bonds. The first-order valence-electron chi connectivity index (χ1n) is 4.68. The van der Waals surface area contributed by atoms with Gasteiger partial charge in [0.1, 0.15) is 11.2 Å². The summed E-state index contributed by atoms with van der Waals surface area (Å²) in [7, 11) is 0. The third-order valence-corrected chi connectivity index (χ3v) is 2.61. The lowest BCUT2D eigenvalue weighted by atomic mass is 10.1. The zero-order valence-corrected chi connectivity index (χ0v) is 8.96. The highest BCUT2D eigenvalue weighted by Gasteiger charge is 2.20. The number of rotatable bonds is 2. The van der Waals surface area contributed by atoms with E-state index >= 15 is 0 Å². The lowest BCUT2D eigenvalue weighted by molar-refractivity contribution is 0.115. The van der Waals surface area contributed by atoms with Crippen LogP contribution < -0.4 is 5.73 Å². The maximum absolute atomic E-state index is 12.4. The van der Waals surface area contributed by atoms with E-state index in [4.69, 9.17) is 17.3 Å². The van der Waals surface area contributed by atoms with Crippen LogP contribution >= 0.6 is 11.6 Å². The van der Waals surface area contributed by atoms with Crippen molar-refractivity contribution >= 4 is 22.4 Å². The van der Waals surface area contributed by atoms with Crippen LogP contribution in [-0.2, 0) is 0 Å². The van der Waals surface area contributed by atoms with E-state index < -0.39 is 12.5 Å². The van der Waals surface area contributed by atoms with Gasteiger partial charge in [0.15, 0.2) is 0 Å². The van der Waals surface area contributed by atoms with Gasteiger partial charge in [0, 0.05) is 5.39 Å². The average molecular weight is 243 g/mol. The van der Waals surface area contributed by atoms with Gasteiger partial charge in [-0.05, 0) is 11.5 Å². The van der Waals surface area contributed by atoms with Crippen LogP contribution in [0.3, 0.4) is 0 Å². The molecule has 2 aromatic rings. The SMILES string of the molecule is NC(c1cc2ccccc2c(Cl)n1)C(F)F. The van der Waals surface area contributed by atoms with Gasteiger partial charge in [0.2, 0.25) is 0 Å². The van der Waals surface area contributed by atoms with Gasteiger partial charge in [0.25, 0.3) is 6.43 Å². The molecule has 0 bridgehead atoms. The lowest BCUT2D eigenvalue weighted by Crippen LogP contribution is -2.20. The Morgan fingerprint density at radius 2 is 1.94 bits per heavy atom. The van der Waals surface area contributed by atoms with Crippen molar-refractivity contribution < 1.29 is 8.78 Å². The molecule has 0 aliphatic carbocycles. The van der Waals surface area contributed by atoms with E-state index in [-0.39, 0.29) is 10.8 Å². The zero-order chi connectivity index (χ0) is 11.7. The number of pyridine rings is 1. The van der Waals surface area contributed by atoms with Gasteiger partial charge in [-0.1, -0.05) is 35.9 Å². The first-order valence-corrected chi connectivity index (χ1v) is 5.06. The molecular weight excluding hydrogens is 234 g/mol. The molecule has 16 heavy (non-hydrogen) atoms. The van der Waals surface area contributed by atoms with Crippen molar-refractivity contribution in [2.45, 2.75) is 12.5 Å². The summed E-state index contributed by atoms with van der Waals surface area (Å²) >= 11 is 5.90. The highest BCUT2D eigenvalue weighted by atomic mass is 35.5. The van der Waals surface area contributed by atoms with Crippen LogP contribution in [0.2, 0.25) is 5.15 Å². The van der Waals surface area contributed by atoms with Gasteiger partial charge in [-0.15, -0.1) is 0 Å². The first-order chi connectivity index (χ1) is 7.59. The van der Waals surface area contributed by atoms with Crippen LogP contribution in [0.4, 0.5) is 8.78 Å². The Bertz CT molecular complexity index is 516. The third kappa shape index (κ3) is 1.99. The molecule has 1 aromatic carbocycles. The molecule has 1 atom stereocenters. The number of hydrogen-bond donors (Lipinski definition) is 1. The van der Waals surface area contributed by atoms with Gasteiger partial charge in [-0.2, -0.15) is 0 Å². The summed E-state index contributed by atoms with van der Waals surface area (Å²) in [4.78, 5) is 3.88. The van der Waals surface area contributed by atoms with E-state index in [1.807, 2.05) is 6.07 Å². The Labute approximate surface area is 96.0 Å². The van der Waals surface area contributed by atoms with Crippen molar-refractivity contribution in [1.29, 1.82) is 0 Å². The number of halogens is 3.